The van der Waals surface area contributed by atoms with Crippen LogP contribution in [-0.2, 0) is 6.42 Å². The number of rotatable bonds is 4. The molecule has 0 aliphatic carbocycles. The molecular formula is C13H20N2O. The molecule has 2 rings (SSSR count). The van der Waals surface area contributed by atoms with Crippen LogP contribution in [0.1, 0.15) is 12.5 Å². The van der Waals surface area contributed by atoms with Crippen LogP contribution in [0.15, 0.2) is 24.3 Å². The third-order valence-corrected chi connectivity index (χ3v) is 2.86. The van der Waals surface area contributed by atoms with Crippen molar-refractivity contribution in [1.82, 2.24) is 10.6 Å². The maximum Gasteiger partial charge on any atom is 0.122 e. The smallest absolute Gasteiger partial charge is 0.122 e. The van der Waals surface area contributed by atoms with Gasteiger partial charge in [-0.3, -0.25) is 0 Å². The Bertz CT molecular complexity index is 321. The van der Waals surface area contributed by atoms with E-state index in [1.165, 1.54) is 5.56 Å². The Labute approximate surface area is 97.2 Å². The Morgan fingerprint density at radius 2 is 2.19 bits per heavy atom. The summed E-state index contributed by atoms with van der Waals surface area (Å²) in [6.45, 7) is 5.93. The van der Waals surface area contributed by atoms with Gasteiger partial charge in [-0.2, -0.15) is 0 Å². The molecule has 0 saturated carbocycles. The Balaban J connectivity index is 2.01. The molecule has 0 radical (unpaired) electrons. The van der Waals surface area contributed by atoms with Crippen molar-refractivity contribution in [2.75, 3.05) is 26.2 Å². The second kappa shape index (κ2) is 5.87. The molecule has 0 unspecified atom stereocenters. The normalized spacial score (nSPS) is 20.7. The Morgan fingerprint density at radius 1 is 1.31 bits per heavy atom. The van der Waals surface area contributed by atoms with Crippen LogP contribution >= 0.6 is 0 Å². The predicted octanol–water partition coefficient (Wildman–Crippen LogP) is 1.19. The van der Waals surface area contributed by atoms with E-state index in [0.29, 0.717) is 6.04 Å². The van der Waals surface area contributed by atoms with Gasteiger partial charge in [-0.25, -0.2) is 0 Å². The van der Waals surface area contributed by atoms with Gasteiger partial charge >= 0.3 is 0 Å². The lowest BCUT2D eigenvalue weighted by Gasteiger charge is -2.25. The van der Waals surface area contributed by atoms with Crippen LogP contribution in [0.3, 0.4) is 0 Å². The molecule has 1 heterocycles. The summed E-state index contributed by atoms with van der Waals surface area (Å²) >= 11 is 0. The van der Waals surface area contributed by atoms with E-state index in [1.54, 1.807) is 0 Å². The minimum Gasteiger partial charge on any atom is -0.494 e. The third-order valence-electron chi connectivity index (χ3n) is 2.86. The lowest BCUT2D eigenvalue weighted by Crippen LogP contribution is -2.49. The summed E-state index contributed by atoms with van der Waals surface area (Å²) in [6.07, 6.45) is 1.03. The summed E-state index contributed by atoms with van der Waals surface area (Å²) in [5.41, 5.74) is 1.30. The number of benzene rings is 1. The molecule has 1 aliphatic rings. The first-order chi connectivity index (χ1) is 7.90. The molecule has 1 atom stereocenters. The molecular weight excluding hydrogens is 200 g/mol. The zero-order chi connectivity index (χ0) is 11.2. The maximum absolute atomic E-state index is 5.63. The van der Waals surface area contributed by atoms with Gasteiger partial charge in [0.2, 0.25) is 0 Å². The quantitative estimate of drug-likeness (QED) is 0.799. The standard InChI is InChI=1S/C13H20N2O/c1-2-16-13-6-4-3-5-11(13)9-12-10-14-7-8-15-12/h3-6,12,14-15H,2,7-10H2,1H3/t12-/m0/s1. The molecule has 1 aromatic carbocycles. The molecule has 0 spiro atoms. The molecule has 88 valence electrons. The molecule has 0 aromatic heterocycles. The topological polar surface area (TPSA) is 33.3 Å². The van der Waals surface area contributed by atoms with E-state index in [9.17, 15) is 0 Å². The monoisotopic (exact) mass is 220 g/mol. The highest BCUT2D eigenvalue weighted by molar-refractivity contribution is 5.34. The average Bonchev–Trinajstić information content (AvgIpc) is 2.33. The fraction of sp³-hybridized carbons (Fsp3) is 0.538. The average molecular weight is 220 g/mol. The molecule has 1 fully saturated rings. The Kier molecular flexibility index (Phi) is 4.19. The van der Waals surface area contributed by atoms with Crippen molar-refractivity contribution in [3.05, 3.63) is 29.8 Å². The molecule has 3 heteroatoms. The lowest BCUT2D eigenvalue weighted by atomic mass is 10.0. The molecule has 1 aromatic rings. The van der Waals surface area contributed by atoms with Gasteiger partial charge in [0.15, 0.2) is 0 Å². The van der Waals surface area contributed by atoms with Gasteiger partial charge in [-0.15, -0.1) is 0 Å². The fourth-order valence-electron chi connectivity index (χ4n) is 2.09. The summed E-state index contributed by atoms with van der Waals surface area (Å²) in [7, 11) is 0. The van der Waals surface area contributed by atoms with Gasteiger partial charge < -0.3 is 15.4 Å². The van der Waals surface area contributed by atoms with Gasteiger partial charge in [0.1, 0.15) is 5.75 Å². The van der Waals surface area contributed by atoms with E-state index in [2.05, 4.69) is 28.8 Å². The maximum atomic E-state index is 5.63. The Morgan fingerprint density at radius 3 is 2.94 bits per heavy atom. The van der Waals surface area contributed by atoms with Crippen LogP contribution in [0.5, 0.6) is 5.75 Å². The van der Waals surface area contributed by atoms with Crippen LogP contribution in [0, 0.1) is 0 Å². The zero-order valence-corrected chi connectivity index (χ0v) is 9.83. The van der Waals surface area contributed by atoms with E-state index in [1.807, 2.05) is 13.0 Å². The molecule has 1 aliphatic heterocycles. The molecule has 0 amide bonds. The molecule has 16 heavy (non-hydrogen) atoms. The van der Waals surface area contributed by atoms with Crippen molar-refractivity contribution in [1.29, 1.82) is 0 Å². The van der Waals surface area contributed by atoms with E-state index in [0.717, 1.165) is 38.4 Å². The highest BCUT2D eigenvalue weighted by Gasteiger charge is 2.14. The van der Waals surface area contributed by atoms with Crippen molar-refractivity contribution >= 4 is 0 Å². The first-order valence-corrected chi connectivity index (χ1v) is 6.05. The van der Waals surface area contributed by atoms with Crippen molar-refractivity contribution < 1.29 is 4.74 Å². The summed E-state index contributed by atoms with van der Waals surface area (Å²) < 4.78 is 5.63. The number of para-hydroxylation sites is 1. The van der Waals surface area contributed by atoms with Gasteiger partial charge in [0, 0.05) is 25.7 Å². The first kappa shape index (κ1) is 11.4. The number of hydrogen-bond acceptors (Lipinski definition) is 3. The van der Waals surface area contributed by atoms with E-state index in [4.69, 9.17) is 4.74 Å². The minimum absolute atomic E-state index is 0.523. The minimum atomic E-state index is 0.523. The summed E-state index contributed by atoms with van der Waals surface area (Å²) in [6, 6.07) is 8.83. The zero-order valence-electron chi connectivity index (χ0n) is 9.83. The second-order valence-corrected chi connectivity index (χ2v) is 4.10. The third kappa shape index (κ3) is 2.97. The highest BCUT2D eigenvalue weighted by atomic mass is 16.5. The van der Waals surface area contributed by atoms with Crippen LogP contribution in [0.25, 0.3) is 0 Å². The molecule has 0 bridgehead atoms. The lowest BCUT2D eigenvalue weighted by molar-refractivity contribution is 0.332. The first-order valence-electron chi connectivity index (χ1n) is 6.05. The van der Waals surface area contributed by atoms with E-state index < -0.39 is 0 Å². The van der Waals surface area contributed by atoms with Gasteiger partial charge in [0.25, 0.3) is 0 Å². The number of piperazine rings is 1. The van der Waals surface area contributed by atoms with Crippen LogP contribution < -0.4 is 15.4 Å². The molecule has 3 nitrogen and oxygen atoms in total. The van der Waals surface area contributed by atoms with Crippen molar-refractivity contribution in [3.63, 3.8) is 0 Å². The van der Waals surface area contributed by atoms with Gasteiger partial charge in [0.05, 0.1) is 6.61 Å². The second-order valence-electron chi connectivity index (χ2n) is 4.10. The summed E-state index contributed by atoms with van der Waals surface area (Å²) in [4.78, 5) is 0. The van der Waals surface area contributed by atoms with Crippen molar-refractivity contribution in [2.45, 2.75) is 19.4 Å². The Hall–Kier alpha value is -1.06. The van der Waals surface area contributed by atoms with E-state index in [-0.39, 0.29) is 0 Å². The fourth-order valence-corrected chi connectivity index (χ4v) is 2.09. The summed E-state index contributed by atoms with van der Waals surface area (Å²) in [5.74, 6) is 1.03. The van der Waals surface area contributed by atoms with E-state index >= 15 is 0 Å². The molecule has 2 N–H and O–H groups in total. The number of hydrogen-bond donors (Lipinski definition) is 2. The van der Waals surface area contributed by atoms with Crippen molar-refractivity contribution in [2.24, 2.45) is 0 Å². The van der Waals surface area contributed by atoms with Crippen molar-refractivity contribution in [3.8, 4) is 5.75 Å². The van der Waals surface area contributed by atoms with Crippen LogP contribution in [0.4, 0.5) is 0 Å². The SMILES string of the molecule is CCOc1ccccc1C[C@H]1CNCCN1. The summed E-state index contributed by atoms with van der Waals surface area (Å²) in [5, 5.41) is 6.92. The highest BCUT2D eigenvalue weighted by Crippen LogP contribution is 2.19. The number of nitrogens with one attached hydrogen (secondary N) is 2. The van der Waals surface area contributed by atoms with Gasteiger partial charge in [-0.05, 0) is 25.0 Å². The largest absolute Gasteiger partial charge is 0.494 e. The number of ether oxygens (including phenoxy) is 1. The van der Waals surface area contributed by atoms with Crippen LogP contribution in [-0.4, -0.2) is 32.3 Å². The van der Waals surface area contributed by atoms with Gasteiger partial charge in [-0.1, -0.05) is 18.2 Å². The molecule has 1 saturated heterocycles. The van der Waals surface area contributed by atoms with Crippen LogP contribution in [0.2, 0.25) is 0 Å². The predicted molar refractivity (Wildman–Crippen MR) is 66.0 cm³/mol.